The number of aromatic nitrogens is 1. The topological polar surface area (TPSA) is 12.9 Å². The molecule has 1 radical (unpaired) electrons. The molecule has 0 fully saturated rings. The highest BCUT2D eigenvalue weighted by molar-refractivity contribution is 9.10. The highest BCUT2D eigenvalue weighted by atomic mass is 79.9. The second-order valence-electron chi connectivity index (χ2n) is 2.89. The summed E-state index contributed by atoms with van der Waals surface area (Å²) in [6.45, 7) is 0. The fourth-order valence-corrected chi connectivity index (χ4v) is 1.70. The first-order chi connectivity index (χ1) is 7.18. The zero-order valence-electron chi connectivity index (χ0n) is 7.47. The molecule has 0 saturated heterocycles. The number of benzene rings is 1. The summed E-state index contributed by atoms with van der Waals surface area (Å²) in [6.07, 6.45) is 1.28. The number of halogens is 3. The van der Waals surface area contributed by atoms with Crippen molar-refractivity contribution in [1.29, 1.82) is 0 Å². The first kappa shape index (κ1) is 10.2. The monoisotopic (exact) mass is 268 g/mol. The molecular formula is C11H5BrF2N. The Kier molecular flexibility index (Phi) is 2.77. The van der Waals surface area contributed by atoms with Crippen molar-refractivity contribution in [2.45, 2.75) is 0 Å². The minimum atomic E-state index is -1.09. The van der Waals surface area contributed by atoms with Crippen molar-refractivity contribution in [3.05, 3.63) is 52.8 Å². The van der Waals surface area contributed by atoms with Crippen molar-refractivity contribution >= 4 is 15.9 Å². The SMILES string of the molecule is Fc1cc(-c2ccc[c]c2Br)cnc1F. The van der Waals surface area contributed by atoms with Crippen molar-refractivity contribution in [1.82, 2.24) is 4.98 Å². The molecule has 0 N–H and O–H groups in total. The van der Waals surface area contributed by atoms with E-state index in [1.165, 1.54) is 6.20 Å². The first-order valence-electron chi connectivity index (χ1n) is 4.16. The largest absolute Gasteiger partial charge is 0.248 e. The van der Waals surface area contributed by atoms with Gasteiger partial charge in [-0.25, -0.2) is 9.37 Å². The van der Waals surface area contributed by atoms with Crippen molar-refractivity contribution in [2.75, 3.05) is 0 Å². The Bertz CT molecular complexity index is 500. The molecule has 0 saturated carbocycles. The molecule has 0 bridgehead atoms. The van der Waals surface area contributed by atoms with Crippen LogP contribution in [0.2, 0.25) is 0 Å². The summed E-state index contributed by atoms with van der Waals surface area (Å²) in [5, 5.41) is 0. The van der Waals surface area contributed by atoms with Gasteiger partial charge < -0.3 is 0 Å². The van der Waals surface area contributed by atoms with Gasteiger partial charge in [-0.2, -0.15) is 4.39 Å². The van der Waals surface area contributed by atoms with Crippen LogP contribution in [0.4, 0.5) is 8.78 Å². The maximum atomic E-state index is 12.9. The van der Waals surface area contributed by atoms with Crippen LogP contribution in [0.3, 0.4) is 0 Å². The zero-order valence-corrected chi connectivity index (χ0v) is 9.05. The van der Waals surface area contributed by atoms with E-state index in [4.69, 9.17) is 0 Å². The first-order valence-corrected chi connectivity index (χ1v) is 4.95. The van der Waals surface area contributed by atoms with Crippen LogP contribution in [0.1, 0.15) is 0 Å². The van der Waals surface area contributed by atoms with E-state index in [1.54, 1.807) is 18.2 Å². The lowest BCUT2D eigenvalue weighted by atomic mass is 10.1. The standard InChI is InChI=1S/C11H5BrF2N/c12-9-4-2-1-3-8(9)7-5-10(13)11(14)15-6-7/h1-3,5-6H. The number of hydrogen-bond donors (Lipinski definition) is 0. The highest BCUT2D eigenvalue weighted by Crippen LogP contribution is 2.27. The van der Waals surface area contributed by atoms with Crippen molar-refractivity contribution < 1.29 is 8.78 Å². The molecule has 0 aliphatic heterocycles. The van der Waals surface area contributed by atoms with Crippen LogP contribution in [0.25, 0.3) is 11.1 Å². The molecule has 75 valence electrons. The van der Waals surface area contributed by atoms with Gasteiger partial charge in [0.25, 0.3) is 0 Å². The van der Waals surface area contributed by atoms with E-state index in [2.05, 4.69) is 27.0 Å². The Morgan fingerprint density at radius 3 is 2.80 bits per heavy atom. The molecule has 1 aromatic heterocycles. The number of pyridine rings is 1. The summed E-state index contributed by atoms with van der Waals surface area (Å²) in [4.78, 5) is 3.32. The second-order valence-corrected chi connectivity index (χ2v) is 3.69. The summed E-state index contributed by atoms with van der Waals surface area (Å²) in [5.41, 5.74) is 1.24. The summed E-state index contributed by atoms with van der Waals surface area (Å²) >= 11 is 3.28. The molecule has 0 spiro atoms. The Morgan fingerprint density at radius 2 is 2.13 bits per heavy atom. The third-order valence-corrected chi connectivity index (χ3v) is 2.57. The summed E-state index contributed by atoms with van der Waals surface area (Å²) in [6, 6.07) is 9.27. The second kappa shape index (κ2) is 4.06. The molecule has 2 aromatic rings. The lowest BCUT2D eigenvalue weighted by molar-refractivity contribution is 0.480. The van der Waals surface area contributed by atoms with Crippen LogP contribution in [-0.4, -0.2) is 4.98 Å². The molecular weight excluding hydrogens is 264 g/mol. The van der Waals surface area contributed by atoms with Crippen LogP contribution in [-0.2, 0) is 0 Å². The van der Waals surface area contributed by atoms with Gasteiger partial charge in [0, 0.05) is 16.2 Å². The minimum Gasteiger partial charge on any atom is -0.225 e. The van der Waals surface area contributed by atoms with E-state index in [0.717, 1.165) is 11.6 Å². The molecule has 0 unspecified atom stereocenters. The highest BCUT2D eigenvalue weighted by Gasteiger charge is 2.07. The van der Waals surface area contributed by atoms with Crippen LogP contribution in [0.5, 0.6) is 0 Å². The van der Waals surface area contributed by atoms with Crippen molar-refractivity contribution in [2.24, 2.45) is 0 Å². The van der Waals surface area contributed by atoms with Crippen LogP contribution < -0.4 is 0 Å². The number of hydrogen-bond acceptors (Lipinski definition) is 1. The predicted molar refractivity (Wildman–Crippen MR) is 56.1 cm³/mol. The smallest absolute Gasteiger partial charge is 0.225 e. The molecule has 0 amide bonds. The van der Waals surface area contributed by atoms with E-state index < -0.39 is 11.8 Å². The molecule has 1 aromatic carbocycles. The molecule has 1 nitrogen and oxygen atoms in total. The average Bonchev–Trinajstić information content (AvgIpc) is 2.23. The van der Waals surface area contributed by atoms with Crippen molar-refractivity contribution in [3.8, 4) is 11.1 Å². The lowest BCUT2D eigenvalue weighted by Gasteiger charge is -2.03. The molecule has 1 heterocycles. The van der Waals surface area contributed by atoms with Crippen LogP contribution in [0.15, 0.2) is 34.9 Å². The van der Waals surface area contributed by atoms with Gasteiger partial charge >= 0.3 is 0 Å². The summed E-state index contributed by atoms with van der Waals surface area (Å²) in [7, 11) is 0. The molecule has 15 heavy (non-hydrogen) atoms. The number of rotatable bonds is 1. The van der Waals surface area contributed by atoms with E-state index in [-0.39, 0.29) is 0 Å². The normalized spacial score (nSPS) is 10.3. The summed E-state index contributed by atoms with van der Waals surface area (Å²) in [5.74, 6) is -2.04. The lowest BCUT2D eigenvalue weighted by Crippen LogP contribution is -1.90. The Labute approximate surface area is 93.9 Å². The van der Waals surface area contributed by atoms with Gasteiger partial charge in [0.15, 0.2) is 5.82 Å². The Balaban J connectivity index is 2.55. The molecule has 2 rings (SSSR count). The minimum absolute atomic E-state index is 0.512. The molecule has 0 aliphatic rings. The van der Waals surface area contributed by atoms with Gasteiger partial charge in [0.2, 0.25) is 5.95 Å². The van der Waals surface area contributed by atoms with E-state index in [9.17, 15) is 8.78 Å². The third kappa shape index (κ3) is 2.04. The van der Waals surface area contributed by atoms with Crippen molar-refractivity contribution in [3.63, 3.8) is 0 Å². The Morgan fingerprint density at radius 1 is 1.33 bits per heavy atom. The third-order valence-electron chi connectivity index (χ3n) is 1.91. The van der Waals surface area contributed by atoms with E-state index >= 15 is 0 Å². The average molecular weight is 269 g/mol. The fraction of sp³-hybridized carbons (Fsp3) is 0. The van der Waals surface area contributed by atoms with Gasteiger partial charge in [0.05, 0.1) is 0 Å². The number of nitrogens with zero attached hydrogens (tertiary/aromatic N) is 1. The quantitative estimate of drug-likeness (QED) is 0.721. The summed E-state index contributed by atoms with van der Waals surface area (Å²) < 4.78 is 26.2. The molecule has 0 aliphatic carbocycles. The fourth-order valence-electron chi connectivity index (χ4n) is 1.21. The molecule has 0 atom stereocenters. The van der Waals surface area contributed by atoms with Gasteiger partial charge in [-0.3, -0.25) is 0 Å². The Hall–Kier alpha value is -1.29. The maximum Gasteiger partial charge on any atom is 0.248 e. The van der Waals surface area contributed by atoms with Gasteiger partial charge in [0.1, 0.15) is 0 Å². The van der Waals surface area contributed by atoms with Gasteiger partial charge in [-0.15, -0.1) is 0 Å². The van der Waals surface area contributed by atoms with Gasteiger partial charge in [-0.05, 0) is 33.6 Å². The predicted octanol–water partition coefficient (Wildman–Crippen LogP) is 3.59. The van der Waals surface area contributed by atoms with Crippen LogP contribution in [0, 0.1) is 17.8 Å². The molecule has 4 heteroatoms. The van der Waals surface area contributed by atoms with Crippen LogP contribution >= 0.6 is 15.9 Å². The van der Waals surface area contributed by atoms with E-state index in [1.807, 2.05) is 0 Å². The van der Waals surface area contributed by atoms with E-state index in [0.29, 0.717) is 10.0 Å². The zero-order chi connectivity index (χ0) is 10.8. The van der Waals surface area contributed by atoms with Gasteiger partial charge in [-0.1, -0.05) is 18.2 Å². The maximum absolute atomic E-state index is 12.9.